The van der Waals surface area contributed by atoms with Gasteiger partial charge in [0.15, 0.2) is 0 Å². The van der Waals surface area contributed by atoms with Gasteiger partial charge in [-0.1, -0.05) is 24.0 Å². The smallest absolute Gasteiger partial charge is 0.266 e. The van der Waals surface area contributed by atoms with Gasteiger partial charge in [-0.25, -0.2) is 17.5 Å². The first-order valence-electron chi connectivity index (χ1n) is 11.0. The maximum Gasteiger partial charge on any atom is 0.266 e. The highest BCUT2D eigenvalue weighted by Crippen LogP contribution is 2.22. The summed E-state index contributed by atoms with van der Waals surface area (Å²) >= 11 is 0. The molecule has 2 amide bonds. The van der Waals surface area contributed by atoms with Gasteiger partial charge >= 0.3 is 0 Å². The van der Waals surface area contributed by atoms with E-state index in [1.54, 1.807) is 30.3 Å². The number of sulfonamides is 1. The van der Waals surface area contributed by atoms with E-state index in [-0.39, 0.29) is 47.0 Å². The Labute approximate surface area is 208 Å². The number of anilines is 1. The average Bonchev–Trinajstić information content (AvgIpc) is 2.83. The van der Waals surface area contributed by atoms with Crippen LogP contribution in [0.15, 0.2) is 77.7 Å². The highest BCUT2D eigenvalue weighted by molar-refractivity contribution is 7.90. The molecule has 3 rings (SSSR count). The Balaban J connectivity index is 1.69. The summed E-state index contributed by atoms with van der Waals surface area (Å²) in [6, 6.07) is 17.8. The molecule has 0 fully saturated rings. The van der Waals surface area contributed by atoms with Crippen molar-refractivity contribution in [2.45, 2.75) is 31.1 Å². The summed E-state index contributed by atoms with van der Waals surface area (Å²) in [6.07, 6.45) is 0.291. The molecule has 3 aromatic carbocycles. The summed E-state index contributed by atoms with van der Waals surface area (Å²) in [6.45, 7) is 1.39. The van der Waals surface area contributed by atoms with Gasteiger partial charge in [0, 0.05) is 29.5 Å². The van der Waals surface area contributed by atoms with E-state index in [0.29, 0.717) is 11.1 Å². The van der Waals surface area contributed by atoms with Crippen LogP contribution in [0, 0.1) is 17.7 Å². The summed E-state index contributed by atoms with van der Waals surface area (Å²) in [7, 11) is -4.25. The third-order valence-corrected chi connectivity index (χ3v) is 6.38. The zero-order chi connectivity index (χ0) is 26.1. The number of amides is 2. The van der Waals surface area contributed by atoms with Gasteiger partial charge in [-0.2, -0.15) is 0 Å². The highest BCUT2D eigenvalue weighted by Gasteiger charge is 2.22. The summed E-state index contributed by atoms with van der Waals surface area (Å²) in [4.78, 5) is 35.5. The number of carbonyl (C=O) groups excluding carboxylic acids is 3. The molecule has 9 heteroatoms. The topological polar surface area (TPSA) is 109 Å². The van der Waals surface area contributed by atoms with Gasteiger partial charge in [0.05, 0.1) is 5.69 Å². The number of benzene rings is 3. The molecule has 3 aromatic rings. The number of Topliss-reactive ketones (excluding diaryl/α,β-unsaturated/α-hetero) is 1. The quantitative estimate of drug-likeness (QED) is 0.448. The van der Waals surface area contributed by atoms with E-state index < -0.39 is 21.8 Å². The van der Waals surface area contributed by atoms with E-state index in [0.717, 1.165) is 0 Å². The molecule has 0 saturated carbocycles. The van der Waals surface area contributed by atoms with Gasteiger partial charge in [0.25, 0.3) is 15.9 Å². The second-order valence-corrected chi connectivity index (χ2v) is 9.52. The second-order valence-electron chi connectivity index (χ2n) is 7.87. The van der Waals surface area contributed by atoms with Crippen molar-refractivity contribution in [3.63, 3.8) is 0 Å². The van der Waals surface area contributed by atoms with Crippen LogP contribution < -0.4 is 10.0 Å². The monoisotopic (exact) mass is 506 g/mol. The fraction of sp³-hybridized carbons (Fsp3) is 0.148. The van der Waals surface area contributed by atoms with Crippen molar-refractivity contribution < 1.29 is 27.2 Å². The van der Waals surface area contributed by atoms with E-state index in [2.05, 4.69) is 17.2 Å². The van der Waals surface area contributed by atoms with Crippen LogP contribution in [0.2, 0.25) is 0 Å². The van der Waals surface area contributed by atoms with Crippen LogP contribution in [-0.2, 0) is 19.6 Å². The number of hydrogen-bond acceptors (Lipinski definition) is 5. The predicted octanol–water partition coefficient (Wildman–Crippen LogP) is 4.04. The van der Waals surface area contributed by atoms with E-state index in [1.807, 2.05) is 4.72 Å². The van der Waals surface area contributed by atoms with Gasteiger partial charge in [0.2, 0.25) is 5.91 Å². The molecule has 0 atom stereocenters. The molecular weight excluding hydrogens is 483 g/mol. The standard InChI is InChI=1S/C27H23FN2O5S/c1-19(31)5-4-8-26(32)30-36(34,35)25-7-3-2-6-24(25)29-27(33)22-15-11-20(12-16-22)9-10-21-13-17-23(28)18-14-21/h2-3,6-7,11-18H,4-5,8H2,1H3,(H,29,33)(H,30,32). The molecule has 0 bridgehead atoms. The van der Waals surface area contributed by atoms with Gasteiger partial charge in [0.1, 0.15) is 16.5 Å². The fourth-order valence-corrected chi connectivity index (χ4v) is 4.31. The van der Waals surface area contributed by atoms with Crippen LogP contribution in [0.4, 0.5) is 10.1 Å². The molecule has 0 unspecified atom stereocenters. The number of halogens is 1. The number of nitrogens with one attached hydrogen (secondary N) is 2. The molecule has 0 spiro atoms. The largest absolute Gasteiger partial charge is 0.321 e. The first-order chi connectivity index (χ1) is 17.1. The maximum atomic E-state index is 13.0. The van der Waals surface area contributed by atoms with Gasteiger partial charge < -0.3 is 10.1 Å². The van der Waals surface area contributed by atoms with Crippen molar-refractivity contribution in [3.05, 3.63) is 95.3 Å². The van der Waals surface area contributed by atoms with Crippen LogP contribution in [0.3, 0.4) is 0 Å². The van der Waals surface area contributed by atoms with Gasteiger partial charge in [-0.05, 0) is 74.0 Å². The lowest BCUT2D eigenvalue weighted by molar-refractivity contribution is -0.119. The Morgan fingerprint density at radius 1 is 0.833 bits per heavy atom. The third kappa shape index (κ3) is 7.61. The summed E-state index contributed by atoms with van der Waals surface area (Å²) < 4.78 is 40.5. The second kappa shape index (κ2) is 11.9. The number of carbonyl (C=O) groups is 3. The van der Waals surface area contributed by atoms with Crippen LogP contribution in [0.5, 0.6) is 0 Å². The molecule has 0 aliphatic carbocycles. The van der Waals surface area contributed by atoms with Gasteiger partial charge in [-0.15, -0.1) is 0 Å². The number of ketones is 1. The summed E-state index contributed by atoms with van der Waals surface area (Å²) in [5.74, 6) is 4.09. The van der Waals surface area contributed by atoms with Crippen molar-refractivity contribution in [1.29, 1.82) is 0 Å². The molecule has 0 aliphatic rings. The molecular formula is C27H23FN2O5S. The minimum Gasteiger partial charge on any atom is -0.321 e. The SMILES string of the molecule is CC(=O)CCCC(=O)NS(=O)(=O)c1ccccc1NC(=O)c1ccc(C#Cc2ccc(F)cc2)cc1. The number of hydrogen-bond donors (Lipinski definition) is 2. The van der Waals surface area contributed by atoms with Crippen LogP contribution in [0.25, 0.3) is 0 Å². The molecule has 2 N–H and O–H groups in total. The van der Waals surface area contributed by atoms with Crippen molar-refractivity contribution in [3.8, 4) is 11.8 Å². The Kier molecular flexibility index (Phi) is 8.71. The van der Waals surface area contributed by atoms with E-state index >= 15 is 0 Å². The molecule has 7 nitrogen and oxygen atoms in total. The Morgan fingerprint density at radius 3 is 2.03 bits per heavy atom. The average molecular weight is 507 g/mol. The summed E-state index contributed by atoms with van der Waals surface area (Å²) in [5.41, 5.74) is 1.54. The molecule has 184 valence electrons. The zero-order valence-electron chi connectivity index (χ0n) is 19.4. The molecule has 36 heavy (non-hydrogen) atoms. The Hall–Kier alpha value is -4.29. The fourth-order valence-electron chi connectivity index (χ4n) is 3.13. The van der Waals surface area contributed by atoms with E-state index in [4.69, 9.17) is 0 Å². The lowest BCUT2D eigenvalue weighted by Crippen LogP contribution is -2.31. The Morgan fingerprint density at radius 2 is 1.42 bits per heavy atom. The van der Waals surface area contributed by atoms with Crippen LogP contribution >= 0.6 is 0 Å². The lowest BCUT2D eigenvalue weighted by Gasteiger charge is -2.12. The Bertz CT molecular complexity index is 1440. The lowest BCUT2D eigenvalue weighted by atomic mass is 10.1. The minimum atomic E-state index is -4.25. The van der Waals surface area contributed by atoms with E-state index in [1.165, 1.54) is 49.4 Å². The molecule has 0 aromatic heterocycles. The molecule has 0 aliphatic heterocycles. The van der Waals surface area contributed by atoms with Crippen molar-refractivity contribution >= 4 is 33.3 Å². The molecule has 0 saturated heterocycles. The molecule has 0 heterocycles. The first-order valence-corrected chi connectivity index (χ1v) is 12.5. The number of para-hydroxylation sites is 1. The van der Waals surface area contributed by atoms with Crippen LogP contribution in [-0.4, -0.2) is 26.0 Å². The van der Waals surface area contributed by atoms with Crippen molar-refractivity contribution in [1.82, 2.24) is 4.72 Å². The van der Waals surface area contributed by atoms with Crippen molar-refractivity contribution in [2.75, 3.05) is 5.32 Å². The normalized spacial score (nSPS) is 10.6. The van der Waals surface area contributed by atoms with Crippen molar-refractivity contribution in [2.24, 2.45) is 0 Å². The first kappa shape index (κ1) is 26.3. The zero-order valence-corrected chi connectivity index (χ0v) is 20.2. The van der Waals surface area contributed by atoms with E-state index in [9.17, 15) is 27.2 Å². The summed E-state index contributed by atoms with van der Waals surface area (Å²) in [5, 5.41) is 2.56. The van der Waals surface area contributed by atoms with Crippen LogP contribution in [0.1, 0.15) is 47.7 Å². The predicted molar refractivity (Wildman–Crippen MR) is 133 cm³/mol. The minimum absolute atomic E-state index is 0.00622. The third-order valence-electron chi connectivity index (χ3n) is 4.95. The number of rotatable bonds is 8. The highest BCUT2D eigenvalue weighted by atomic mass is 32.2. The van der Waals surface area contributed by atoms with Gasteiger partial charge in [-0.3, -0.25) is 9.59 Å². The molecule has 0 radical (unpaired) electrons. The maximum absolute atomic E-state index is 13.0.